The summed E-state index contributed by atoms with van der Waals surface area (Å²) in [5.41, 5.74) is 4.39. The van der Waals surface area contributed by atoms with Gasteiger partial charge in [0.05, 0.1) is 5.56 Å². The number of ether oxygens (including phenoxy) is 1. The van der Waals surface area contributed by atoms with Gasteiger partial charge in [0.15, 0.2) is 6.61 Å². The molecule has 0 unspecified atom stereocenters. The Bertz CT molecular complexity index is 1030. The second-order valence-electron chi connectivity index (χ2n) is 6.83. The van der Waals surface area contributed by atoms with Crippen LogP contribution in [0.25, 0.3) is 0 Å². The van der Waals surface area contributed by atoms with Gasteiger partial charge in [-0.3, -0.25) is 4.79 Å². The lowest BCUT2D eigenvalue weighted by atomic mass is 10.1. The van der Waals surface area contributed by atoms with E-state index in [0.717, 1.165) is 10.5 Å². The number of esters is 1. The summed E-state index contributed by atoms with van der Waals surface area (Å²) >= 11 is 1.69. The van der Waals surface area contributed by atoms with Gasteiger partial charge in [0, 0.05) is 15.5 Å². The molecule has 0 atom stereocenters. The molecule has 3 rings (SSSR count). The zero-order chi connectivity index (χ0) is 20.8. The van der Waals surface area contributed by atoms with E-state index in [1.807, 2.05) is 43.3 Å². The zero-order valence-electron chi connectivity index (χ0n) is 16.7. The molecule has 29 heavy (non-hydrogen) atoms. The van der Waals surface area contributed by atoms with Crippen molar-refractivity contribution in [2.75, 3.05) is 11.9 Å². The molecule has 0 radical (unpaired) electrons. The Kier molecular flexibility index (Phi) is 6.73. The highest BCUT2D eigenvalue weighted by atomic mass is 32.2. The predicted molar refractivity (Wildman–Crippen MR) is 117 cm³/mol. The Morgan fingerprint density at radius 1 is 0.897 bits per heavy atom. The van der Waals surface area contributed by atoms with Gasteiger partial charge < -0.3 is 10.1 Å². The highest BCUT2D eigenvalue weighted by molar-refractivity contribution is 7.99. The summed E-state index contributed by atoms with van der Waals surface area (Å²) < 4.78 is 5.11. The SMILES string of the molecule is Cc1ccc(C)c(Sc2ccc(NC(=O)COC(=O)c3ccccc3C)cc2)c1. The molecule has 0 fully saturated rings. The van der Waals surface area contributed by atoms with Gasteiger partial charge in [0.25, 0.3) is 5.91 Å². The van der Waals surface area contributed by atoms with Crippen molar-refractivity contribution in [3.63, 3.8) is 0 Å². The van der Waals surface area contributed by atoms with Gasteiger partial charge in [-0.05, 0) is 73.9 Å². The van der Waals surface area contributed by atoms with Crippen LogP contribution in [0.2, 0.25) is 0 Å². The Hall–Kier alpha value is -3.05. The third-order valence-electron chi connectivity index (χ3n) is 4.41. The number of anilines is 1. The molecule has 3 aromatic carbocycles. The number of nitrogens with one attached hydrogen (secondary N) is 1. The maximum Gasteiger partial charge on any atom is 0.338 e. The van der Waals surface area contributed by atoms with E-state index in [1.54, 1.807) is 23.9 Å². The molecular formula is C24H23NO3S. The fourth-order valence-corrected chi connectivity index (χ4v) is 3.76. The molecule has 3 aromatic rings. The monoisotopic (exact) mass is 405 g/mol. The number of amides is 1. The van der Waals surface area contributed by atoms with Crippen molar-refractivity contribution < 1.29 is 14.3 Å². The van der Waals surface area contributed by atoms with Crippen molar-refractivity contribution in [2.24, 2.45) is 0 Å². The van der Waals surface area contributed by atoms with Gasteiger partial charge in [-0.1, -0.05) is 42.1 Å². The number of benzene rings is 3. The average molecular weight is 406 g/mol. The number of carbonyl (C=O) groups excluding carboxylic acids is 2. The van der Waals surface area contributed by atoms with E-state index in [1.165, 1.54) is 16.0 Å². The number of rotatable bonds is 6. The minimum atomic E-state index is -0.501. The van der Waals surface area contributed by atoms with Gasteiger partial charge in [0.2, 0.25) is 0 Å². The molecule has 0 aromatic heterocycles. The van der Waals surface area contributed by atoms with E-state index in [4.69, 9.17) is 4.74 Å². The zero-order valence-corrected chi connectivity index (χ0v) is 17.5. The van der Waals surface area contributed by atoms with Crippen LogP contribution >= 0.6 is 11.8 Å². The van der Waals surface area contributed by atoms with Crippen LogP contribution in [0.15, 0.2) is 76.5 Å². The summed E-state index contributed by atoms with van der Waals surface area (Å²) in [5.74, 6) is -0.875. The third kappa shape index (κ3) is 5.72. The summed E-state index contributed by atoms with van der Waals surface area (Å²) in [5, 5.41) is 2.75. The lowest BCUT2D eigenvalue weighted by Gasteiger charge is -2.09. The van der Waals surface area contributed by atoms with E-state index in [0.29, 0.717) is 11.3 Å². The quantitative estimate of drug-likeness (QED) is 0.546. The summed E-state index contributed by atoms with van der Waals surface area (Å²) in [6.45, 7) is 5.67. The van der Waals surface area contributed by atoms with Crippen molar-refractivity contribution in [3.8, 4) is 0 Å². The molecule has 1 amide bonds. The topological polar surface area (TPSA) is 55.4 Å². The molecule has 4 nitrogen and oxygen atoms in total. The van der Waals surface area contributed by atoms with Crippen molar-refractivity contribution in [3.05, 3.63) is 89.0 Å². The Morgan fingerprint density at radius 3 is 2.34 bits per heavy atom. The third-order valence-corrected chi connectivity index (χ3v) is 5.58. The first-order valence-corrected chi connectivity index (χ1v) is 10.1. The lowest BCUT2D eigenvalue weighted by molar-refractivity contribution is -0.119. The molecule has 148 valence electrons. The second kappa shape index (κ2) is 9.43. The standard InChI is InChI=1S/C24H23NO3S/c1-16-8-9-18(3)22(14-16)29-20-12-10-19(11-13-20)25-23(26)15-28-24(27)21-7-5-4-6-17(21)2/h4-14H,15H2,1-3H3,(H,25,26). The average Bonchev–Trinajstić information content (AvgIpc) is 2.71. The van der Waals surface area contributed by atoms with Crippen LogP contribution in [0.5, 0.6) is 0 Å². The van der Waals surface area contributed by atoms with Crippen LogP contribution in [-0.4, -0.2) is 18.5 Å². The van der Waals surface area contributed by atoms with Gasteiger partial charge in [-0.25, -0.2) is 4.79 Å². The number of hydrogen-bond donors (Lipinski definition) is 1. The normalized spacial score (nSPS) is 10.4. The van der Waals surface area contributed by atoms with Crippen molar-refractivity contribution in [1.29, 1.82) is 0 Å². The summed E-state index contributed by atoms with van der Waals surface area (Å²) in [6.07, 6.45) is 0. The Balaban J connectivity index is 1.54. The lowest BCUT2D eigenvalue weighted by Crippen LogP contribution is -2.21. The van der Waals surface area contributed by atoms with Crippen molar-refractivity contribution in [1.82, 2.24) is 0 Å². The summed E-state index contributed by atoms with van der Waals surface area (Å²) in [4.78, 5) is 26.5. The van der Waals surface area contributed by atoms with Gasteiger partial charge in [0.1, 0.15) is 0 Å². The number of hydrogen-bond acceptors (Lipinski definition) is 4. The molecule has 5 heteroatoms. The Labute approximate surface area is 175 Å². The van der Waals surface area contributed by atoms with Crippen LogP contribution in [0, 0.1) is 20.8 Å². The molecule has 1 N–H and O–H groups in total. The van der Waals surface area contributed by atoms with Crippen molar-refractivity contribution >= 4 is 29.3 Å². The number of aryl methyl sites for hydroxylation is 3. The largest absolute Gasteiger partial charge is 0.452 e. The van der Waals surface area contributed by atoms with Crippen LogP contribution in [0.1, 0.15) is 27.0 Å². The van der Waals surface area contributed by atoms with Crippen LogP contribution in [0.4, 0.5) is 5.69 Å². The molecule has 0 saturated heterocycles. The summed E-state index contributed by atoms with van der Waals surface area (Å²) in [7, 11) is 0. The predicted octanol–water partition coefficient (Wildman–Crippen LogP) is 5.56. The first kappa shape index (κ1) is 20.7. The van der Waals surface area contributed by atoms with Crippen LogP contribution in [-0.2, 0) is 9.53 Å². The fourth-order valence-electron chi connectivity index (χ4n) is 2.76. The van der Waals surface area contributed by atoms with Gasteiger partial charge >= 0.3 is 5.97 Å². The molecular weight excluding hydrogens is 382 g/mol. The van der Waals surface area contributed by atoms with Crippen LogP contribution in [0.3, 0.4) is 0 Å². The first-order chi connectivity index (χ1) is 13.9. The minimum absolute atomic E-state index is 0.327. The maximum absolute atomic E-state index is 12.1. The van der Waals surface area contributed by atoms with E-state index < -0.39 is 5.97 Å². The molecule has 0 aliphatic carbocycles. The van der Waals surface area contributed by atoms with E-state index in [-0.39, 0.29) is 12.5 Å². The molecule has 0 spiro atoms. The van der Waals surface area contributed by atoms with Gasteiger partial charge in [-0.15, -0.1) is 0 Å². The highest BCUT2D eigenvalue weighted by Crippen LogP contribution is 2.31. The molecule has 0 bridgehead atoms. The fraction of sp³-hybridized carbons (Fsp3) is 0.167. The first-order valence-electron chi connectivity index (χ1n) is 9.30. The highest BCUT2D eigenvalue weighted by Gasteiger charge is 2.12. The Morgan fingerprint density at radius 2 is 1.62 bits per heavy atom. The molecule has 0 heterocycles. The molecule has 0 aliphatic heterocycles. The second-order valence-corrected chi connectivity index (χ2v) is 7.95. The van der Waals surface area contributed by atoms with E-state index in [2.05, 4.69) is 37.4 Å². The molecule has 0 aliphatic rings. The maximum atomic E-state index is 12.1. The van der Waals surface area contributed by atoms with E-state index in [9.17, 15) is 9.59 Å². The smallest absolute Gasteiger partial charge is 0.338 e. The van der Waals surface area contributed by atoms with Crippen molar-refractivity contribution in [2.45, 2.75) is 30.6 Å². The molecule has 0 saturated carbocycles. The van der Waals surface area contributed by atoms with Gasteiger partial charge in [-0.2, -0.15) is 0 Å². The number of carbonyl (C=O) groups is 2. The van der Waals surface area contributed by atoms with Crippen LogP contribution < -0.4 is 5.32 Å². The minimum Gasteiger partial charge on any atom is -0.452 e. The van der Waals surface area contributed by atoms with E-state index >= 15 is 0 Å². The summed E-state index contributed by atoms with van der Waals surface area (Å²) in [6, 6.07) is 21.1.